The molecule has 0 fully saturated rings. The van der Waals surface area contributed by atoms with Crippen molar-refractivity contribution in [3.05, 3.63) is 70.1 Å². The topological polar surface area (TPSA) is 59.7 Å². The van der Waals surface area contributed by atoms with E-state index < -0.39 is 0 Å². The number of aromatic hydroxyl groups is 1. The Morgan fingerprint density at radius 2 is 1.86 bits per heavy atom. The average Bonchev–Trinajstić information content (AvgIpc) is 2.55. The van der Waals surface area contributed by atoms with Crippen molar-refractivity contribution in [3.63, 3.8) is 0 Å². The monoisotopic (exact) mass is 294 g/mol. The second-order valence-corrected chi connectivity index (χ2v) is 4.81. The Hall–Kier alpha value is -3.01. The van der Waals surface area contributed by atoms with Gasteiger partial charge in [-0.3, -0.25) is 4.79 Å². The number of ether oxygens (including phenoxy) is 1. The largest absolute Gasteiger partial charge is 0.508 e. The number of fused-ring (bicyclic) bond motifs is 1. The van der Waals surface area contributed by atoms with E-state index in [0.29, 0.717) is 16.5 Å². The fraction of sp³-hybridized carbons (Fsp3) is 0.0556. The van der Waals surface area contributed by atoms with Crippen LogP contribution in [-0.4, -0.2) is 12.2 Å². The molecule has 0 bridgehead atoms. The molecule has 22 heavy (non-hydrogen) atoms. The quantitative estimate of drug-likeness (QED) is 0.800. The van der Waals surface area contributed by atoms with Crippen molar-refractivity contribution in [2.45, 2.75) is 0 Å². The zero-order valence-corrected chi connectivity index (χ0v) is 11.9. The molecule has 4 nitrogen and oxygen atoms in total. The van der Waals surface area contributed by atoms with Gasteiger partial charge in [-0.25, -0.2) is 0 Å². The summed E-state index contributed by atoms with van der Waals surface area (Å²) in [5.41, 5.74) is 1.64. The number of methoxy groups -OCH3 is 1. The van der Waals surface area contributed by atoms with E-state index in [9.17, 15) is 9.90 Å². The van der Waals surface area contributed by atoms with Gasteiger partial charge in [0.1, 0.15) is 23.3 Å². The zero-order valence-electron chi connectivity index (χ0n) is 11.9. The first-order chi connectivity index (χ1) is 10.7. The van der Waals surface area contributed by atoms with Gasteiger partial charge in [0, 0.05) is 0 Å². The summed E-state index contributed by atoms with van der Waals surface area (Å²) in [6, 6.07) is 11.9. The van der Waals surface area contributed by atoms with E-state index in [-0.39, 0.29) is 11.2 Å². The van der Waals surface area contributed by atoms with Crippen LogP contribution in [0.3, 0.4) is 0 Å². The summed E-state index contributed by atoms with van der Waals surface area (Å²) in [5, 5.41) is 9.85. The predicted molar refractivity (Wildman–Crippen MR) is 86.1 cm³/mol. The molecule has 0 spiro atoms. The highest BCUT2D eigenvalue weighted by atomic mass is 16.5. The molecule has 4 heteroatoms. The van der Waals surface area contributed by atoms with Crippen molar-refractivity contribution >= 4 is 23.1 Å². The second kappa shape index (κ2) is 5.77. The van der Waals surface area contributed by atoms with Crippen LogP contribution in [0.2, 0.25) is 0 Å². The van der Waals surface area contributed by atoms with Crippen molar-refractivity contribution in [2.24, 2.45) is 0 Å². The summed E-state index contributed by atoms with van der Waals surface area (Å²) in [5.74, 6) is 0.814. The summed E-state index contributed by atoms with van der Waals surface area (Å²) < 4.78 is 10.5. The summed E-state index contributed by atoms with van der Waals surface area (Å²) in [7, 11) is 1.61. The minimum Gasteiger partial charge on any atom is -0.508 e. The van der Waals surface area contributed by atoms with Crippen LogP contribution >= 0.6 is 0 Å². The molecule has 0 saturated carbocycles. The average molecular weight is 294 g/mol. The molecule has 110 valence electrons. The number of phenolic OH excluding ortho intramolecular Hbond substituents is 1. The van der Waals surface area contributed by atoms with Gasteiger partial charge in [-0.1, -0.05) is 18.2 Å². The van der Waals surface area contributed by atoms with Crippen molar-refractivity contribution in [3.8, 4) is 11.5 Å². The maximum Gasteiger partial charge on any atom is 0.200 e. The van der Waals surface area contributed by atoms with Crippen LogP contribution in [-0.2, 0) is 0 Å². The van der Waals surface area contributed by atoms with Gasteiger partial charge in [0.15, 0.2) is 5.43 Å². The lowest BCUT2D eigenvalue weighted by molar-refractivity contribution is 0.415. The van der Waals surface area contributed by atoms with E-state index in [4.69, 9.17) is 9.15 Å². The molecule has 0 atom stereocenters. The molecule has 1 N–H and O–H groups in total. The molecule has 1 heterocycles. The molecular weight excluding hydrogens is 280 g/mol. The number of benzene rings is 2. The number of hydrogen-bond donors (Lipinski definition) is 1. The first kappa shape index (κ1) is 13.9. The fourth-order valence-corrected chi connectivity index (χ4v) is 2.15. The third-order valence-electron chi connectivity index (χ3n) is 3.35. The van der Waals surface area contributed by atoms with Gasteiger partial charge in [-0.05, 0) is 42.0 Å². The second-order valence-electron chi connectivity index (χ2n) is 4.81. The van der Waals surface area contributed by atoms with E-state index in [0.717, 1.165) is 11.3 Å². The summed E-state index contributed by atoms with van der Waals surface area (Å²) >= 11 is 0. The summed E-state index contributed by atoms with van der Waals surface area (Å²) in [6.45, 7) is 0. The van der Waals surface area contributed by atoms with Crippen molar-refractivity contribution in [1.82, 2.24) is 0 Å². The van der Waals surface area contributed by atoms with E-state index in [1.165, 1.54) is 18.4 Å². The molecular formula is C18H14O4. The molecule has 3 aromatic rings. The van der Waals surface area contributed by atoms with Gasteiger partial charge in [-0.15, -0.1) is 0 Å². The highest BCUT2D eigenvalue weighted by Gasteiger charge is 2.05. The molecule has 0 aliphatic carbocycles. The SMILES string of the molecule is COc1ccc(/C=C/c2coc3ccc(O)cc3c2=O)cc1. The van der Waals surface area contributed by atoms with Crippen molar-refractivity contribution in [1.29, 1.82) is 0 Å². The van der Waals surface area contributed by atoms with Gasteiger partial charge < -0.3 is 14.3 Å². The zero-order chi connectivity index (χ0) is 15.5. The Morgan fingerprint density at radius 3 is 2.59 bits per heavy atom. The van der Waals surface area contributed by atoms with E-state index in [2.05, 4.69) is 0 Å². The van der Waals surface area contributed by atoms with Gasteiger partial charge in [-0.2, -0.15) is 0 Å². The smallest absolute Gasteiger partial charge is 0.200 e. The van der Waals surface area contributed by atoms with Crippen LogP contribution in [0.1, 0.15) is 11.1 Å². The predicted octanol–water partition coefficient (Wildman–Crippen LogP) is 3.68. The minimum absolute atomic E-state index is 0.0380. The molecule has 0 saturated heterocycles. The van der Waals surface area contributed by atoms with Gasteiger partial charge in [0.25, 0.3) is 0 Å². The molecule has 0 amide bonds. The van der Waals surface area contributed by atoms with Crippen LogP contribution in [0.15, 0.2) is 57.9 Å². The Morgan fingerprint density at radius 1 is 1.09 bits per heavy atom. The number of hydrogen-bond acceptors (Lipinski definition) is 4. The molecule has 0 aliphatic rings. The Kier molecular flexibility index (Phi) is 3.66. The third kappa shape index (κ3) is 2.72. The highest BCUT2D eigenvalue weighted by Crippen LogP contribution is 2.18. The maximum absolute atomic E-state index is 12.4. The van der Waals surface area contributed by atoms with Crippen LogP contribution < -0.4 is 10.2 Å². The fourth-order valence-electron chi connectivity index (χ4n) is 2.15. The summed E-state index contributed by atoms with van der Waals surface area (Å²) in [4.78, 5) is 12.4. The van der Waals surface area contributed by atoms with Crippen molar-refractivity contribution < 1.29 is 14.3 Å². The molecule has 2 aromatic carbocycles. The summed E-state index contributed by atoms with van der Waals surface area (Å²) in [6.07, 6.45) is 4.93. The number of phenols is 1. The molecule has 3 rings (SSSR count). The van der Waals surface area contributed by atoms with Crippen LogP contribution in [0.4, 0.5) is 0 Å². The van der Waals surface area contributed by atoms with Gasteiger partial charge >= 0.3 is 0 Å². The van der Waals surface area contributed by atoms with Gasteiger partial charge in [0.05, 0.1) is 18.1 Å². The Balaban J connectivity index is 1.97. The number of rotatable bonds is 3. The minimum atomic E-state index is -0.179. The normalized spacial score (nSPS) is 11.1. The van der Waals surface area contributed by atoms with Crippen LogP contribution in [0.5, 0.6) is 11.5 Å². The standard InChI is InChI=1S/C18H14O4/c1-21-15-7-3-12(4-8-15)2-5-13-11-22-17-9-6-14(19)10-16(17)18(13)20/h2-11,19H,1H3/b5-2+. The molecule has 0 radical (unpaired) electrons. The first-order valence-electron chi connectivity index (χ1n) is 6.74. The lowest BCUT2D eigenvalue weighted by atomic mass is 10.1. The van der Waals surface area contributed by atoms with Crippen LogP contribution in [0.25, 0.3) is 23.1 Å². The lowest BCUT2D eigenvalue weighted by Gasteiger charge is -2.00. The molecule has 0 unspecified atom stereocenters. The van der Waals surface area contributed by atoms with Crippen molar-refractivity contribution in [2.75, 3.05) is 7.11 Å². The van der Waals surface area contributed by atoms with E-state index >= 15 is 0 Å². The molecule has 1 aromatic heterocycles. The highest BCUT2D eigenvalue weighted by molar-refractivity contribution is 5.81. The molecule has 0 aliphatic heterocycles. The van der Waals surface area contributed by atoms with Gasteiger partial charge in [0.2, 0.25) is 0 Å². The van der Waals surface area contributed by atoms with E-state index in [1.807, 2.05) is 30.3 Å². The Bertz CT molecular complexity index is 889. The third-order valence-corrected chi connectivity index (χ3v) is 3.35. The first-order valence-corrected chi connectivity index (χ1v) is 6.74. The lowest BCUT2D eigenvalue weighted by Crippen LogP contribution is -2.04. The maximum atomic E-state index is 12.4. The van der Waals surface area contributed by atoms with E-state index in [1.54, 1.807) is 19.3 Å². The van der Waals surface area contributed by atoms with Crippen LogP contribution in [0, 0.1) is 0 Å². The Labute approximate surface area is 126 Å².